The number of carbonyl (C=O) groups excluding carboxylic acids is 1. The lowest BCUT2D eigenvalue weighted by molar-refractivity contribution is -0.191. The molecule has 0 aromatic carbocycles. The summed E-state index contributed by atoms with van der Waals surface area (Å²) >= 11 is 0. The van der Waals surface area contributed by atoms with Crippen molar-refractivity contribution in [2.75, 3.05) is 32.7 Å². The molecule has 230 valence electrons. The maximum atomic E-state index is 15.1. The second kappa shape index (κ2) is 10.3. The molecule has 0 radical (unpaired) electrons. The van der Waals surface area contributed by atoms with Crippen LogP contribution in [-0.2, 0) is 10.2 Å². The minimum absolute atomic E-state index is 0.0899. The molecule has 3 aliphatic carbocycles. The maximum absolute atomic E-state index is 15.1. The average molecular weight is 594 g/mol. The smallest absolute Gasteiger partial charge is 0.371 e. The summed E-state index contributed by atoms with van der Waals surface area (Å²) in [4.78, 5) is 20.8. The molecule has 1 N–H and O–H groups in total. The summed E-state index contributed by atoms with van der Waals surface area (Å²) in [6.45, 7) is 3.13. The van der Waals surface area contributed by atoms with Crippen molar-refractivity contribution in [1.82, 2.24) is 25.3 Å². The van der Waals surface area contributed by atoms with Crippen LogP contribution in [0.15, 0.2) is 4.52 Å². The Kier molecular flexibility index (Phi) is 7.27. The second-order valence-electron chi connectivity index (χ2n) is 13.0. The summed E-state index contributed by atoms with van der Waals surface area (Å²) in [5, 5.41) is 6.58. The second-order valence-corrected chi connectivity index (χ2v) is 13.0. The fourth-order valence-corrected chi connectivity index (χ4v) is 6.59. The van der Waals surface area contributed by atoms with Gasteiger partial charge >= 0.3 is 12.2 Å². The molecule has 0 bridgehead atoms. The molecule has 6 rings (SSSR count). The van der Waals surface area contributed by atoms with Gasteiger partial charge in [0.2, 0.25) is 5.89 Å². The third-order valence-corrected chi connectivity index (χ3v) is 9.85. The number of ether oxygens (including phenoxy) is 1. The number of hydrogen-bond donors (Lipinski definition) is 1. The van der Waals surface area contributed by atoms with Crippen molar-refractivity contribution >= 4 is 6.03 Å². The van der Waals surface area contributed by atoms with Gasteiger partial charge in [-0.05, 0) is 51.4 Å². The highest BCUT2D eigenvalue weighted by Crippen LogP contribution is 2.58. The minimum Gasteiger partial charge on any atom is -0.371 e. The van der Waals surface area contributed by atoms with Crippen LogP contribution in [0.5, 0.6) is 0 Å². The standard InChI is InChI=1S/C27H37F6N5O3/c1-24(22-35-21(41-36-22)17-13-18(17)28)8-11-38(12-9-24)23(39)34-20-19(3-2-5-26(20,29)30)40-16-4-10-37(14-16)15-25(6-7-25)27(31,32)33/h16-20H,2-15H2,1H3,(H,34,39)/t16-,17+,18-,19-,20+/m0/s1. The summed E-state index contributed by atoms with van der Waals surface area (Å²) < 4.78 is 95.1. The molecule has 5 atom stereocenters. The van der Waals surface area contributed by atoms with Crippen LogP contribution in [0.3, 0.4) is 0 Å². The predicted octanol–water partition coefficient (Wildman–Crippen LogP) is 4.95. The Hall–Kier alpha value is -2.09. The van der Waals surface area contributed by atoms with Crippen LogP contribution in [0, 0.1) is 5.41 Å². The van der Waals surface area contributed by atoms with Crippen LogP contribution in [0.1, 0.15) is 82.3 Å². The first kappa shape index (κ1) is 29.0. The van der Waals surface area contributed by atoms with E-state index in [2.05, 4.69) is 15.5 Å². The highest BCUT2D eigenvalue weighted by atomic mass is 19.4. The Morgan fingerprint density at radius 2 is 1.83 bits per heavy atom. The quantitative estimate of drug-likeness (QED) is 0.451. The Balaban J connectivity index is 1.03. The first-order valence-corrected chi connectivity index (χ1v) is 14.6. The first-order chi connectivity index (χ1) is 19.3. The van der Waals surface area contributed by atoms with Crippen LogP contribution in [-0.4, -0.2) is 95.2 Å². The maximum Gasteiger partial charge on any atom is 0.395 e. The molecule has 5 aliphatic rings. The van der Waals surface area contributed by atoms with Gasteiger partial charge in [-0.25, -0.2) is 18.0 Å². The highest BCUT2D eigenvalue weighted by Gasteiger charge is 2.63. The predicted molar refractivity (Wildman–Crippen MR) is 133 cm³/mol. The van der Waals surface area contributed by atoms with Gasteiger partial charge in [0, 0.05) is 44.6 Å². The lowest BCUT2D eigenvalue weighted by Gasteiger charge is -2.42. The molecule has 14 heteroatoms. The fraction of sp³-hybridized carbons (Fsp3) is 0.889. The number of likely N-dealkylation sites (tertiary alicyclic amines) is 2. The number of urea groups is 1. The van der Waals surface area contributed by atoms with Crippen molar-refractivity contribution in [2.24, 2.45) is 5.41 Å². The number of halogens is 6. The number of piperidine rings is 1. The van der Waals surface area contributed by atoms with Crippen molar-refractivity contribution in [2.45, 2.75) is 113 Å². The number of hydrogen-bond acceptors (Lipinski definition) is 6. The normalized spacial score (nSPS) is 34.4. The molecule has 5 fully saturated rings. The van der Waals surface area contributed by atoms with Gasteiger partial charge in [-0.2, -0.15) is 18.2 Å². The Labute approximate surface area is 234 Å². The van der Waals surface area contributed by atoms with Crippen molar-refractivity contribution in [1.29, 1.82) is 0 Å². The van der Waals surface area contributed by atoms with E-state index < -0.39 is 53.4 Å². The van der Waals surface area contributed by atoms with Gasteiger partial charge in [0.05, 0.1) is 23.5 Å². The molecule has 3 heterocycles. The Morgan fingerprint density at radius 3 is 2.46 bits per heavy atom. The van der Waals surface area contributed by atoms with Crippen molar-refractivity contribution in [3.05, 3.63) is 11.7 Å². The molecule has 1 aromatic rings. The average Bonchev–Trinajstić information content (AvgIpc) is 3.72. The van der Waals surface area contributed by atoms with Gasteiger partial charge < -0.3 is 19.5 Å². The minimum atomic E-state index is -4.25. The van der Waals surface area contributed by atoms with Crippen LogP contribution < -0.4 is 5.32 Å². The van der Waals surface area contributed by atoms with Gasteiger partial charge in [-0.1, -0.05) is 12.1 Å². The summed E-state index contributed by atoms with van der Waals surface area (Å²) in [5.74, 6) is -2.77. The molecular formula is C27H37F6N5O3. The zero-order valence-electron chi connectivity index (χ0n) is 23.1. The van der Waals surface area contributed by atoms with Crippen LogP contribution in [0.4, 0.5) is 31.1 Å². The largest absolute Gasteiger partial charge is 0.395 e. The Bertz CT molecular complexity index is 1120. The molecule has 41 heavy (non-hydrogen) atoms. The van der Waals surface area contributed by atoms with E-state index in [9.17, 15) is 22.4 Å². The number of amides is 2. The summed E-state index contributed by atoms with van der Waals surface area (Å²) in [6, 6.07) is -2.13. The van der Waals surface area contributed by atoms with Gasteiger partial charge in [0.15, 0.2) is 5.82 Å². The number of alkyl halides is 6. The molecule has 0 spiro atoms. The van der Waals surface area contributed by atoms with Crippen molar-refractivity contribution in [3.63, 3.8) is 0 Å². The molecule has 2 amide bonds. The summed E-state index contributed by atoms with van der Waals surface area (Å²) in [6.07, 6.45) is -4.35. The SMILES string of the molecule is CC1(c2noc([C@@H]3C[C@@H]3F)n2)CCN(C(=O)N[C@@H]2[C@@H](O[C@H]3CCN(CC4(C(F)(F)F)CC4)C3)CCCC2(F)F)CC1. The third kappa shape index (κ3) is 5.79. The fourth-order valence-electron chi connectivity index (χ4n) is 6.59. The molecular weight excluding hydrogens is 556 g/mol. The van der Waals surface area contributed by atoms with E-state index in [1.54, 1.807) is 4.90 Å². The van der Waals surface area contributed by atoms with E-state index >= 15 is 8.78 Å². The molecule has 1 aromatic heterocycles. The monoisotopic (exact) mass is 593 g/mol. The summed E-state index contributed by atoms with van der Waals surface area (Å²) in [5.41, 5.74) is -2.14. The molecule has 2 aliphatic heterocycles. The first-order valence-electron chi connectivity index (χ1n) is 14.6. The topological polar surface area (TPSA) is 83.7 Å². The number of aromatic nitrogens is 2. The van der Waals surface area contributed by atoms with E-state index in [0.29, 0.717) is 57.6 Å². The van der Waals surface area contributed by atoms with E-state index in [-0.39, 0.29) is 50.6 Å². The molecule has 8 nitrogen and oxygen atoms in total. The number of rotatable bonds is 7. The lowest BCUT2D eigenvalue weighted by Crippen LogP contribution is -2.61. The third-order valence-electron chi connectivity index (χ3n) is 9.85. The zero-order chi connectivity index (χ0) is 29.2. The van der Waals surface area contributed by atoms with Gasteiger partial charge in [-0.3, -0.25) is 4.90 Å². The molecule has 3 saturated carbocycles. The number of nitrogens with zero attached hydrogens (tertiary/aromatic N) is 4. The lowest BCUT2D eigenvalue weighted by atomic mass is 9.79. The number of carbonyl (C=O) groups is 1. The van der Waals surface area contributed by atoms with Crippen molar-refractivity contribution in [3.8, 4) is 0 Å². The van der Waals surface area contributed by atoms with Crippen LogP contribution in [0.2, 0.25) is 0 Å². The molecule has 2 saturated heterocycles. The summed E-state index contributed by atoms with van der Waals surface area (Å²) in [7, 11) is 0. The number of nitrogens with one attached hydrogen (secondary N) is 1. The van der Waals surface area contributed by atoms with Gasteiger partial charge in [0.1, 0.15) is 12.2 Å². The highest BCUT2D eigenvalue weighted by molar-refractivity contribution is 5.75. The van der Waals surface area contributed by atoms with E-state index in [0.717, 1.165) is 0 Å². The Morgan fingerprint density at radius 1 is 1.12 bits per heavy atom. The van der Waals surface area contributed by atoms with Crippen LogP contribution in [0.25, 0.3) is 0 Å². The van der Waals surface area contributed by atoms with E-state index in [1.165, 1.54) is 4.90 Å². The van der Waals surface area contributed by atoms with Crippen LogP contribution >= 0.6 is 0 Å². The van der Waals surface area contributed by atoms with Gasteiger partial charge in [-0.15, -0.1) is 0 Å². The zero-order valence-corrected chi connectivity index (χ0v) is 23.1. The van der Waals surface area contributed by atoms with E-state index in [4.69, 9.17) is 9.26 Å². The van der Waals surface area contributed by atoms with E-state index in [1.807, 2.05) is 6.92 Å². The molecule has 0 unspecified atom stereocenters. The van der Waals surface area contributed by atoms with Gasteiger partial charge in [0.25, 0.3) is 5.92 Å². The van der Waals surface area contributed by atoms with Crippen molar-refractivity contribution < 1.29 is 40.4 Å².